The molecular formula is C14H22N2O2. The summed E-state index contributed by atoms with van der Waals surface area (Å²) in [4.78, 5) is 12.1. The molecule has 3 N–H and O–H groups in total. The third-order valence-corrected chi connectivity index (χ3v) is 2.84. The van der Waals surface area contributed by atoms with Gasteiger partial charge in [-0.25, -0.2) is 0 Å². The minimum absolute atomic E-state index is 0.136. The second-order valence-corrected chi connectivity index (χ2v) is 4.48. The lowest BCUT2D eigenvalue weighted by Crippen LogP contribution is -2.32. The Labute approximate surface area is 109 Å². The van der Waals surface area contributed by atoms with Crippen molar-refractivity contribution in [1.82, 2.24) is 5.32 Å². The first kappa shape index (κ1) is 14.4. The van der Waals surface area contributed by atoms with Gasteiger partial charge in [0.25, 0.3) is 5.91 Å². The lowest BCUT2D eigenvalue weighted by atomic mass is 10.1. The third kappa shape index (κ3) is 3.95. The summed E-state index contributed by atoms with van der Waals surface area (Å²) in [6.45, 7) is 4.14. The van der Waals surface area contributed by atoms with Crippen LogP contribution in [-0.2, 0) is 0 Å². The standard InChI is InChI=1S/C14H22N2O2/c1-4-5-6-10(2)16-14(17)12-9-11(15)7-8-13(12)18-3/h7-10H,4-6,15H2,1-3H3,(H,16,17). The molecule has 100 valence electrons. The Morgan fingerprint density at radius 3 is 2.83 bits per heavy atom. The number of methoxy groups -OCH3 is 1. The number of nitrogens with two attached hydrogens (primary N) is 1. The molecule has 1 aromatic rings. The second kappa shape index (κ2) is 6.89. The molecule has 0 bridgehead atoms. The van der Waals surface area contributed by atoms with Gasteiger partial charge in [-0.15, -0.1) is 0 Å². The summed E-state index contributed by atoms with van der Waals surface area (Å²) in [6.07, 6.45) is 3.21. The molecule has 1 amide bonds. The topological polar surface area (TPSA) is 64.4 Å². The van der Waals surface area contributed by atoms with Crippen molar-refractivity contribution in [2.45, 2.75) is 39.2 Å². The first-order valence-corrected chi connectivity index (χ1v) is 6.32. The monoisotopic (exact) mass is 250 g/mol. The van der Waals surface area contributed by atoms with Crippen molar-refractivity contribution >= 4 is 11.6 Å². The van der Waals surface area contributed by atoms with E-state index in [4.69, 9.17) is 10.5 Å². The predicted octanol–water partition coefficient (Wildman–Crippen LogP) is 2.59. The molecule has 0 aliphatic heterocycles. The summed E-state index contributed by atoms with van der Waals surface area (Å²) in [5.41, 5.74) is 6.74. The van der Waals surface area contributed by atoms with E-state index in [9.17, 15) is 4.79 Å². The molecular weight excluding hydrogens is 228 g/mol. The maximum Gasteiger partial charge on any atom is 0.255 e. The van der Waals surface area contributed by atoms with Crippen LogP contribution in [0, 0.1) is 0 Å². The summed E-state index contributed by atoms with van der Waals surface area (Å²) in [5.74, 6) is 0.409. The molecule has 4 nitrogen and oxygen atoms in total. The molecule has 1 rings (SSSR count). The molecule has 0 spiro atoms. The smallest absolute Gasteiger partial charge is 0.255 e. The maximum atomic E-state index is 12.1. The molecule has 1 atom stereocenters. The molecule has 18 heavy (non-hydrogen) atoms. The number of unbranched alkanes of at least 4 members (excludes halogenated alkanes) is 1. The summed E-state index contributed by atoms with van der Waals surface area (Å²) >= 11 is 0. The second-order valence-electron chi connectivity index (χ2n) is 4.48. The van der Waals surface area contributed by atoms with Crippen molar-refractivity contribution in [3.8, 4) is 5.75 Å². The molecule has 0 saturated carbocycles. The van der Waals surface area contributed by atoms with Crippen molar-refractivity contribution in [2.24, 2.45) is 0 Å². The molecule has 0 aliphatic carbocycles. The van der Waals surface area contributed by atoms with Crippen molar-refractivity contribution < 1.29 is 9.53 Å². The highest BCUT2D eigenvalue weighted by Gasteiger charge is 2.14. The number of nitrogen functional groups attached to an aromatic ring is 1. The van der Waals surface area contributed by atoms with Crippen LogP contribution in [0.25, 0.3) is 0 Å². The SMILES string of the molecule is CCCCC(C)NC(=O)c1cc(N)ccc1OC. The molecule has 0 fully saturated rings. The zero-order valence-corrected chi connectivity index (χ0v) is 11.3. The van der Waals surface area contributed by atoms with Crippen LogP contribution < -0.4 is 15.8 Å². The Bertz CT molecular complexity index is 405. The Hall–Kier alpha value is -1.71. The van der Waals surface area contributed by atoms with Crippen LogP contribution in [0.5, 0.6) is 5.75 Å². The highest BCUT2D eigenvalue weighted by Crippen LogP contribution is 2.21. The number of rotatable bonds is 6. The average Bonchev–Trinajstić information content (AvgIpc) is 2.36. The lowest BCUT2D eigenvalue weighted by Gasteiger charge is -2.15. The number of anilines is 1. The van der Waals surface area contributed by atoms with Gasteiger partial charge in [0.15, 0.2) is 0 Å². The number of benzene rings is 1. The number of amides is 1. The molecule has 0 radical (unpaired) electrons. The van der Waals surface area contributed by atoms with Crippen LogP contribution >= 0.6 is 0 Å². The van der Waals surface area contributed by atoms with Gasteiger partial charge in [0.2, 0.25) is 0 Å². The zero-order valence-electron chi connectivity index (χ0n) is 11.3. The highest BCUT2D eigenvalue weighted by atomic mass is 16.5. The Balaban J connectivity index is 2.74. The summed E-state index contributed by atoms with van der Waals surface area (Å²) in [6, 6.07) is 5.22. The van der Waals surface area contributed by atoms with Gasteiger partial charge in [0.05, 0.1) is 12.7 Å². The minimum Gasteiger partial charge on any atom is -0.496 e. The van der Waals surface area contributed by atoms with Crippen molar-refractivity contribution in [2.75, 3.05) is 12.8 Å². The number of ether oxygens (including phenoxy) is 1. The van der Waals surface area contributed by atoms with Crippen LogP contribution in [0.2, 0.25) is 0 Å². The Kier molecular flexibility index (Phi) is 5.49. The summed E-state index contributed by atoms with van der Waals surface area (Å²) in [5, 5.41) is 2.96. The number of hydrogen-bond acceptors (Lipinski definition) is 3. The van der Waals surface area contributed by atoms with E-state index in [1.807, 2.05) is 6.92 Å². The van der Waals surface area contributed by atoms with Gasteiger partial charge < -0.3 is 15.8 Å². The van der Waals surface area contributed by atoms with Crippen LogP contribution in [0.3, 0.4) is 0 Å². The number of nitrogens with one attached hydrogen (secondary N) is 1. The Morgan fingerprint density at radius 2 is 2.22 bits per heavy atom. The summed E-state index contributed by atoms with van der Waals surface area (Å²) in [7, 11) is 1.54. The van der Waals surface area contributed by atoms with Crippen molar-refractivity contribution in [3.63, 3.8) is 0 Å². The van der Waals surface area contributed by atoms with Gasteiger partial charge in [0, 0.05) is 11.7 Å². The van der Waals surface area contributed by atoms with Crippen molar-refractivity contribution in [3.05, 3.63) is 23.8 Å². The van der Waals surface area contributed by atoms with E-state index in [1.54, 1.807) is 25.3 Å². The first-order chi connectivity index (χ1) is 8.58. The van der Waals surface area contributed by atoms with Gasteiger partial charge in [-0.1, -0.05) is 19.8 Å². The van der Waals surface area contributed by atoms with E-state index >= 15 is 0 Å². The fourth-order valence-electron chi connectivity index (χ4n) is 1.79. The van der Waals surface area contributed by atoms with Crippen LogP contribution in [0.4, 0.5) is 5.69 Å². The first-order valence-electron chi connectivity index (χ1n) is 6.32. The van der Waals surface area contributed by atoms with Gasteiger partial charge in [-0.2, -0.15) is 0 Å². The minimum atomic E-state index is -0.136. The van der Waals surface area contributed by atoms with E-state index in [2.05, 4.69) is 12.2 Å². The maximum absolute atomic E-state index is 12.1. The van der Waals surface area contributed by atoms with Crippen LogP contribution in [0.15, 0.2) is 18.2 Å². The number of hydrogen-bond donors (Lipinski definition) is 2. The molecule has 0 aromatic heterocycles. The zero-order chi connectivity index (χ0) is 13.5. The van der Waals surface area contributed by atoms with E-state index < -0.39 is 0 Å². The molecule has 1 aromatic carbocycles. The number of carbonyl (C=O) groups excluding carboxylic acids is 1. The highest BCUT2D eigenvalue weighted by molar-refractivity contribution is 5.98. The fraction of sp³-hybridized carbons (Fsp3) is 0.500. The van der Waals surface area contributed by atoms with Crippen LogP contribution in [0.1, 0.15) is 43.5 Å². The van der Waals surface area contributed by atoms with Gasteiger partial charge in [0.1, 0.15) is 5.75 Å². The number of carbonyl (C=O) groups is 1. The van der Waals surface area contributed by atoms with Gasteiger partial charge in [-0.05, 0) is 31.5 Å². The Morgan fingerprint density at radius 1 is 1.50 bits per heavy atom. The fourth-order valence-corrected chi connectivity index (χ4v) is 1.79. The predicted molar refractivity (Wildman–Crippen MR) is 73.9 cm³/mol. The van der Waals surface area contributed by atoms with Gasteiger partial charge >= 0.3 is 0 Å². The molecule has 0 saturated heterocycles. The van der Waals surface area contributed by atoms with Crippen LogP contribution in [-0.4, -0.2) is 19.1 Å². The van der Waals surface area contributed by atoms with Crippen molar-refractivity contribution in [1.29, 1.82) is 0 Å². The molecule has 1 unspecified atom stereocenters. The average molecular weight is 250 g/mol. The molecule has 4 heteroatoms. The quantitative estimate of drug-likeness (QED) is 0.763. The molecule has 0 aliphatic rings. The molecule has 0 heterocycles. The van der Waals surface area contributed by atoms with E-state index in [0.29, 0.717) is 17.0 Å². The van der Waals surface area contributed by atoms with E-state index in [0.717, 1.165) is 19.3 Å². The van der Waals surface area contributed by atoms with E-state index in [-0.39, 0.29) is 11.9 Å². The third-order valence-electron chi connectivity index (χ3n) is 2.84. The normalized spacial score (nSPS) is 11.9. The van der Waals surface area contributed by atoms with E-state index in [1.165, 1.54) is 0 Å². The lowest BCUT2D eigenvalue weighted by molar-refractivity contribution is 0.0935. The van der Waals surface area contributed by atoms with Gasteiger partial charge in [-0.3, -0.25) is 4.79 Å². The largest absolute Gasteiger partial charge is 0.496 e. The summed E-state index contributed by atoms with van der Waals surface area (Å²) < 4.78 is 5.17.